The molecule has 0 spiro atoms. The molecule has 152 valence electrons. The van der Waals surface area contributed by atoms with E-state index >= 15 is 0 Å². The molecule has 6 heteroatoms. The SMILES string of the molecule is CCNC(=NCCc1cccc(O)c1)N1CCC(CN2CCCCC2)C1.I. The molecule has 2 aliphatic heterocycles. The summed E-state index contributed by atoms with van der Waals surface area (Å²) in [6, 6.07) is 7.48. The molecule has 27 heavy (non-hydrogen) atoms. The smallest absolute Gasteiger partial charge is 0.193 e. The molecule has 2 saturated heterocycles. The number of phenols is 1. The molecule has 5 nitrogen and oxygen atoms in total. The molecule has 2 heterocycles. The average Bonchev–Trinajstić information content (AvgIpc) is 3.10. The molecular weight excluding hydrogens is 451 g/mol. The van der Waals surface area contributed by atoms with E-state index in [-0.39, 0.29) is 24.0 Å². The number of hydrogen-bond donors (Lipinski definition) is 2. The van der Waals surface area contributed by atoms with Crippen LogP contribution in [-0.4, -0.2) is 66.7 Å². The highest BCUT2D eigenvalue weighted by molar-refractivity contribution is 14.0. The molecule has 0 radical (unpaired) electrons. The Kier molecular flexibility index (Phi) is 9.68. The molecule has 0 aliphatic carbocycles. The Labute approximate surface area is 181 Å². The van der Waals surface area contributed by atoms with Crippen LogP contribution in [0.2, 0.25) is 0 Å². The van der Waals surface area contributed by atoms with Crippen molar-refractivity contribution in [2.24, 2.45) is 10.9 Å². The number of benzene rings is 1. The zero-order valence-corrected chi connectivity index (χ0v) is 18.9. The van der Waals surface area contributed by atoms with Gasteiger partial charge in [0.05, 0.1) is 0 Å². The molecule has 1 unspecified atom stereocenters. The Bertz CT molecular complexity index is 589. The van der Waals surface area contributed by atoms with Gasteiger partial charge in [-0.3, -0.25) is 4.99 Å². The largest absolute Gasteiger partial charge is 0.508 e. The Balaban J connectivity index is 0.00000261. The van der Waals surface area contributed by atoms with Gasteiger partial charge in [0.1, 0.15) is 5.75 Å². The van der Waals surface area contributed by atoms with Gasteiger partial charge >= 0.3 is 0 Å². The van der Waals surface area contributed by atoms with Crippen LogP contribution in [0, 0.1) is 5.92 Å². The quantitative estimate of drug-likeness (QED) is 0.368. The van der Waals surface area contributed by atoms with E-state index in [4.69, 9.17) is 4.99 Å². The van der Waals surface area contributed by atoms with Crippen molar-refractivity contribution >= 4 is 29.9 Å². The fraction of sp³-hybridized carbons (Fsp3) is 0.667. The zero-order chi connectivity index (χ0) is 18.2. The lowest BCUT2D eigenvalue weighted by Gasteiger charge is -2.29. The van der Waals surface area contributed by atoms with Crippen molar-refractivity contribution in [2.45, 2.75) is 39.0 Å². The van der Waals surface area contributed by atoms with E-state index < -0.39 is 0 Å². The molecular formula is C21H35IN4O. The molecule has 1 aromatic rings. The first-order valence-electron chi connectivity index (χ1n) is 10.3. The van der Waals surface area contributed by atoms with Gasteiger partial charge in [0.15, 0.2) is 5.96 Å². The number of guanidine groups is 1. The summed E-state index contributed by atoms with van der Waals surface area (Å²) in [5.41, 5.74) is 1.13. The number of nitrogens with one attached hydrogen (secondary N) is 1. The van der Waals surface area contributed by atoms with Crippen molar-refractivity contribution in [3.05, 3.63) is 29.8 Å². The molecule has 0 bridgehead atoms. The first kappa shape index (κ1) is 22.3. The van der Waals surface area contributed by atoms with E-state index in [1.165, 1.54) is 45.3 Å². The summed E-state index contributed by atoms with van der Waals surface area (Å²) in [4.78, 5) is 9.93. The maximum absolute atomic E-state index is 9.58. The monoisotopic (exact) mass is 486 g/mol. The highest BCUT2D eigenvalue weighted by Gasteiger charge is 2.26. The van der Waals surface area contributed by atoms with Gasteiger partial charge in [-0.1, -0.05) is 18.6 Å². The molecule has 2 N–H and O–H groups in total. The van der Waals surface area contributed by atoms with Gasteiger partial charge in [-0.15, -0.1) is 24.0 Å². The fourth-order valence-electron chi connectivity index (χ4n) is 4.11. The summed E-state index contributed by atoms with van der Waals surface area (Å²) in [7, 11) is 0. The lowest BCUT2D eigenvalue weighted by molar-refractivity contribution is 0.198. The van der Waals surface area contributed by atoms with Crippen LogP contribution in [0.5, 0.6) is 5.75 Å². The van der Waals surface area contributed by atoms with E-state index in [1.54, 1.807) is 6.07 Å². The Morgan fingerprint density at radius 3 is 2.78 bits per heavy atom. The number of likely N-dealkylation sites (tertiary alicyclic amines) is 2. The van der Waals surface area contributed by atoms with Gasteiger partial charge in [-0.05, 0) is 69.3 Å². The first-order valence-corrected chi connectivity index (χ1v) is 10.3. The number of phenolic OH excluding ortho intramolecular Hbond substituents is 1. The average molecular weight is 486 g/mol. The Morgan fingerprint density at radius 1 is 1.22 bits per heavy atom. The summed E-state index contributed by atoms with van der Waals surface area (Å²) in [6.45, 7) is 9.83. The molecule has 1 atom stereocenters. The van der Waals surface area contributed by atoms with Crippen molar-refractivity contribution in [3.63, 3.8) is 0 Å². The molecule has 0 amide bonds. The Hall–Kier alpha value is -1.02. The Morgan fingerprint density at radius 2 is 2.04 bits per heavy atom. The summed E-state index contributed by atoms with van der Waals surface area (Å²) in [5, 5.41) is 13.0. The third-order valence-electron chi connectivity index (χ3n) is 5.46. The number of rotatable bonds is 6. The summed E-state index contributed by atoms with van der Waals surface area (Å²) in [5.74, 6) is 2.15. The third kappa shape index (κ3) is 7.14. The molecule has 1 aromatic carbocycles. The van der Waals surface area contributed by atoms with Crippen LogP contribution in [0.4, 0.5) is 0 Å². The van der Waals surface area contributed by atoms with Crippen LogP contribution in [-0.2, 0) is 6.42 Å². The highest BCUT2D eigenvalue weighted by Crippen LogP contribution is 2.20. The minimum Gasteiger partial charge on any atom is -0.508 e. The van der Waals surface area contributed by atoms with Crippen LogP contribution in [0.1, 0.15) is 38.2 Å². The molecule has 0 saturated carbocycles. The number of hydrogen-bond acceptors (Lipinski definition) is 3. The van der Waals surface area contributed by atoms with Crippen molar-refractivity contribution in [2.75, 3.05) is 45.8 Å². The molecule has 0 aromatic heterocycles. The van der Waals surface area contributed by atoms with Crippen LogP contribution in [0.15, 0.2) is 29.3 Å². The number of nitrogens with zero attached hydrogens (tertiary/aromatic N) is 3. The summed E-state index contributed by atoms with van der Waals surface area (Å²) < 4.78 is 0. The van der Waals surface area contributed by atoms with Gasteiger partial charge in [0.2, 0.25) is 0 Å². The van der Waals surface area contributed by atoms with Crippen molar-refractivity contribution < 1.29 is 5.11 Å². The van der Waals surface area contributed by atoms with Gasteiger partial charge < -0.3 is 20.2 Å². The van der Waals surface area contributed by atoms with Crippen LogP contribution in [0.25, 0.3) is 0 Å². The minimum atomic E-state index is 0. The maximum atomic E-state index is 9.58. The second-order valence-corrected chi connectivity index (χ2v) is 7.62. The zero-order valence-electron chi connectivity index (χ0n) is 16.6. The standard InChI is InChI=1S/C21H34N4O.HI/c1-2-22-21(23-11-9-18-7-6-8-20(26)15-18)25-14-10-19(17-25)16-24-12-4-3-5-13-24;/h6-8,15,19,26H,2-5,9-14,16-17H2,1H3,(H,22,23);1H. The number of halogens is 1. The van der Waals surface area contributed by atoms with Gasteiger partial charge in [0, 0.05) is 32.7 Å². The molecule has 2 fully saturated rings. The van der Waals surface area contributed by atoms with Gasteiger partial charge in [-0.25, -0.2) is 0 Å². The van der Waals surface area contributed by atoms with Crippen molar-refractivity contribution in [3.8, 4) is 5.75 Å². The van der Waals surface area contributed by atoms with Crippen LogP contribution >= 0.6 is 24.0 Å². The fourth-order valence-corrected chi connectivity index (χ4v) is 4.11. The first-order chi connectivity index (χ1) is 12.7. The van der Waals surface area contributed by atoms with Gasteiger partial charge in [0.25, 0.3) is 0 Å². The van der Waals surface area contributed by atoms with Crippen molar-refractivity contribution in [1.82, 2.24) is 15.1 Å². The van der Waals surface area contributed by atoms with E-state index in [0.29, 0.717) is 5.75 Å². The predicted molar refractivity (Wildman–Crippen MR) is 123 cm³/mol. The lowest BCUT2D eigenvalue weighted by atomic mass is 10.1. The normalized spacial score (nSPS) is 21.1. The summed E-state index contributed by atoms with van der Waals surface area (Å²) >= 11 is 0. The minimum absolute atomic E-state index is 0. The number of aliphatic imine (C=N–C) groups is 1. The number of aromatic hydroxyl groups is 1. The topological polar surface area (TPSA) is 51.1 Å². The van der Waals surface area contributed by atoms with E-state index in [2.05, 4.69) is 22.0 Å². The maximum Gasteiger partial charge on any atom is 0.193 e. The van der Waals surface area contributed by atoms with Crippen LogP contribution < -0.4 is 5.32 Å². The van der Waals surface area contributed by atoms with E-state index in [0.717, 1.165) is 50.0 Å². The molecule has 3 rings (SSSR count). The van der Waals surface area contributed by atoms with Gasteiger partial charge in [-0.2, -0.15) is 0 Å². The van der Waals surface area contributed by atoms with Crippen molar-refractivity contribution in [1.29, 1.82) is 0 Å². The number of piperidine rings is 1. The lowest BCUT2D eigenvalue weighted by Crippen LogP contribution is -2.41. The molecule has 2 aliphatic rings. The third-order valence-corrected chi connectivity index (χ3v) is 5.46. The van der Waals surface area contributed by atoms with E-state index in [1.807, 2.05) is 18.2 Å². The second-order valence-electron chi connectivity index (χ2n) is 7.62. The van der Waals surface area contributed by atoms with Crippen LogP contribution in [0.3, 0.4) is 0 Å². The predicted octanol–water partition coefficient (Wildman–Crippen LogP) is 3.33. The second kappa shape index (κ2) is 11.7. The summed E-state index contributed by atoms with van der Waals surface area (Å²) in [6.07, 6.45) is 6.27. The van der Waals surface area contributed by atoms with E-state index in [9.17, 15) is 5.11 Å². The highest BCUT2D eigenvalue weighted by atomic mass is 127.